The van der Waals surface area contributed by atoms with Crippen molar-refractivity contribution < 1.29 is 28.5 Å². The molecule has 2 aromatic carbocycles. The van der Waals surface area contributed by atoms with Gasteiger partial charge < -0.3 is 28.7 Å². The Morgan fingerprint density at radius 1 is 0.600 bits per heavy atom. The van der Waals surface area contributed by atoms with E-state index < -0.39 is 11.8 Å². The van der Waals surface area contributed by atoms with Gasteiger partial charge in [-0.3, -0.25) is 9.59 Å². The Morgan fingerprint density at radius 3 is 1.75 bits per heavy atom. The molecule has 8 heteroatoms. The minimum atomic E-state index is -0.456. The summed E-state index contributed by atoms with van der Waals surface area (Å²) in [6, 6.07) is 11.9. The summed E-state index contributed by atoms with van der Waals surface area (Å²) in [6.45, 7) is 3.43. The van der Waals surface area contributed by atoms with E-state index in [0.29, 0.717) is 23.0 Å². The predicted octanol–water partition coefficient (Wildman–Crippen LogP) is 4.84. The second-order valence-electron chi connectivity index (χ2n) is 11.5. The fourth-order valence-corrected chi connectivity index (χ4v) is 7.09. The number of benzene rings is 2. The van der Waals surface area contributed by atoms with Gasteiger partial charge in [-0.2, -0.15) is 0 Å². The Bertz CT molecular complexity index is 1310. The average Bonchev–Trinajstić information content (AvgIpc) is 3.69. The van der Waals surface area contributed by atoms with Crippen molar-refractivity contribution in [2.24, 2.45) is 11.8 Å². The van der Waals surface area contributed by atoms with Gasteiger partial charge in [0.25, 0.3) is 0 Å². The van der Waals surface area contributed by atoms with E-state index in [9.17, 15) is 9.59 Å². The van der Waals surface area contributed by atoms with Gasteiger partial charge in [-0.25, -0.2) is 0 Å². The Hall–Kier alpha value is -3.68. The van der Waals surface area contributed by atoms with Gasteiger partial charge >= 0.3 is 0 Å². The van der Waals surface area contributed by atoms with Gasteiger partial charge in [0, 0.05) is 38.0 Å². The van der Waals surface area contributed by atoms with Gasteiger partial charge in [-0.15, -0.1) is 0 Å². The quantitative estimate of drug-likeness (QED) is 0.513. The summed E-state index contributed by atoms with van der Waals surface area (Å²) in [5.74, 6) is 1.54. The summed E-state index contributed by atoms with van der Waals surface area (Å²) < 4.78 is 22.6. The third kappa shape index (κ3) is 4.57. The summed E-state index contributed by atoms with van der Waals surface area (Å²) >= 11 is 0. The number of allylic oxidation sites excluding steroid dienone is 1. The van der Waals surface area contributed by atoms with Crippen molar-refractivity contribution in [1.29, 1.82) is 0 Å². The van der Waals surface area contributed by atoms with Crippen LogP contribution in [0.25, 0.3) is 0 Å². The number of hydrogen-bond donors (Lipinski definition) is 0. The topological polar surface area (TPSA) is 77.5 Å². The number of carbonyl (C=O) groups is 2. The van der Waals surface area contributed by atoms with E-state index in [1.165, 1.54) is 0 Å². The Labute approximate surface area is 234 Å². The first kappa shape index (κ1) is 25.3. The molecular formula is C32H36N2O6. The minimum absolute atomic E-state index is 0.110. The number of amides is 2. The maximum atomic E-state index is 14.6. The summed E-state index contributed by atoms with van der Waals surface area (Å²) in [5, 5.41) is 0. The molecule has 4 atom stereocenters. The standard InChI is InChI=1S/C32H36N2O6/c35-31(33-13-3-1-4-14-33)24-10-9-23(21-7-11-25-27(17-21)39-19-37-25)30(32(36)34-15-5-2-6-16-34)29(24)22-8-12-26-28(18-22)40-20-38-26/h7-12,17-18,23-24,29-30H,1-6,13-16,19-20H2. The first-order valence-electron chi connectivity index (χ1n) is 14.7. The first-order chi connectivity index (χ1) is 19.7. The summed E-state index contributed by atoms with van der Waals surface area (Å²) in [4.78, 5) is 32.8. The molecule has 5 aliphatic rings. The molecule has 2 fully saturated rings. The predicted molar refractivity (Wildman–Crippen MR) is 148 cm³/mol. The third-order valence-electron chi connectivity index (χ3n) is 9.16. The number of ether oxygens (including phenoxy) is 4. The van der Waals surface area contributed by atoms with E-state index in [4.69, 9.17) is 18.9 Å². The molecule has 40 heavy (non-hydrogen) atoms. The molecule has 1 aliphatic carbocycles. The molecule has 2 saturated heterocycles. The molecule has 8 nitrogen and oxygen atoms in total. The monoisotopic (exact) mass is 544 g/mol. The van der Waals surface area contributed by atoms with Crippen molar-refractivity contribution in [3.05, 3.63) is 59.7 Å². The molecule has 4 aliphatic heterocycles. The molecule has 0 N–H and O–H groups in total. The maximum absolute atomic E-state index is 14.6. The van der Waals surface area contributed by atoms with E-state index >= 15 is 0 Å². The van der Waals surface area contributed by atoms with Gasteiger partial charge in [0.1, 0.15) is 0 Å². The van der Waals surface area contributed by atoms with Crippen LogP contribution in [0.5, 0.6) is 23.0 Å². The highest BCUT2D eigenvalue weighted by molar-refractivity contribution is 5.87. The molecule has 0 radical (unpaired) electrons. The van der Waals surface area contributed by atoms with Gasteiger partial charge in [-0.1, -0.05) is 24.3 Å². The SMILES string of the molecule is O=C(C1C=CC(c2ccc3c(c2)OCO3)C(C(=O)N2CCCCC2)C1c1ccc2c(c1)OCO2)N1CCCCC1. The molecule has 4 heterocycles. The Kier molecular flexibility index (Phi) is 6.77. The van der Waals surface area contributed by atoms with Crippen LogP contribution in [0.3, 0.4) is 0 Å². The summed E-state index contributed by atoms with van der Waals surface area (Å²) in [5.41, 5.74) is 1.93. The maximum Gasteiger partial charge on any atom is 0.231 e. The van der Waals surface area contributed by atoms with Gasteiger partial charge in [-0.05, 0) is 73.9 Å². The third-order valence-corrected chi connectivity index (χ3v) is 9.16. The van der Waals surface area contributed by atoms with Crippen LogP contribution in [0.1, 0.15) is 61.5 Å². The largest absolute Gasteiger partial charge is 0.454 e. The van der Waals surface area contributed by atoms with Gasteiger partial charge in [0.05, 0.1) is 11.8 Å². The van der Waals surface area contributed by atoms with E-state index in [1.54, 1.807) is 0 Å². The van der Waals surface area contributed by atoms with Crippen molar-refractivity contribution in [2.45, 2.75) is 50.4 Å². The zero-order valence-corrected chi connectivity index (χ0v) is 22.8. The van der Waals surface area contributed by atoms with Crippen LogP contribution in [-0.2, 0) is 9.59 Å². The zero-order valence-electron chi connectivity index (χ0n) is 22.8. The van der Waals surface area contributed by atoms with Crippen molar-refractivity contribution in [1.82, 2.24) is 9.80 Å². The molecule has 0 saturated carbocycles. The highest BCUT2D eigenvalue weighted by atomic mass is 16.7. The van der Waals surface area contributed by atoms with Crippen LogP contribution >= 0.6 is 0 Å². The van der Waals surface area contributed by atoms with Gasteiger partial charge in [0.2, 0.25) is 25.4 Å². The smallest absolute Gasteiger partial charge is 0.231 e. The number of carbonyl (C=O) groups excluding carboxylic acids is 2. The summed E-state index contributed by atoms with van der Waals surface area (Å²) in [6.07, 6.45) is 10.5. The number of fused-ring (bicyclic) bond motifs is 2. The highest BCUT2D eigenvalue weighted by Gasteiger charge is 2.47. The number of hydrogen-bond acceptors (Lipinski definition) is 6. The van der Waals surface area contributed by atoms with Crippen molar-refractivity contribution in [3.63, 3.8) is 0 Å². The molecule has 0 bridgehead atoms. The van der Waals surface area contributed by atoms with Crippen LogP contribution in [0.2, 0.25) is 0 Å². The van der Waals surface area contributed by atoms with Crippen molar-refractivity contribution >= 4 is 11.8 Å². The van der Waals surface area contributed by atoms with E-state index in [2.05, 4.69) is 12.2 Å². The Balaban J connectivity index is 1.34. The number of rotatable bonds is 4. The normalized spacial score (nSPS) is 27.1. The molecular weight excluding hydrogens is 508 g/mol. The van der Waals surface area contributed by atoms with Crippen LogP contribution in [-0.4, -0.2) is 61.4 Å². The van der Waals surface area contributed by atoms with Crippen molar-refractivity contribution in [2.75, 3.05) is 39.8 Å². The zero-order chi connectivity index (χ0) is 27.1. The lowest BCUT2D eigenvalue weighted by Crippen LogP contribution is -2.49. The number of likely N-dealkylation sites (tertiary alicyclic amines) is 2. The lowest BCUT2D eigenvalue weighted by molar-refractivity contribution is -0.141. The lowest BCUT2D eigenvalue weighted by Gasteiger charge is -2.43. The van der Waals surface area contributed by atoms with Crippen molar-refractivity contribution in [3.8, 4) is 23.0 Å². The van der Waals surface area contributed by atoms with Crippen LogP contribution in [0, 0.1) is 11.8 Å². The van der Waals surface area contributed by atoms with E-state index in [0.717, 1.165) is 75.8 Å². The van der Waals surface area contributed by atoms with Crippen LogP contribution in [0.4, 0.5) is 0 Å². The number of piperidine rings is 2. The fourth-order valence-electron chi connectivity index (χ4n) is 7.09. The molecule has 2 amide bonds. The van der Waals surface area contributed by atoms with Crippen LogP contribution < -0.4 is 18.9 Å². The molecule has 7 rings (SSSR count). The second-order valence-corrected chi connectivity index (χ2v) is 11.5. The van der Waals surface area contributed by atoms with Gasteiger partial charge in [0.15, 0.2) is 23.0 Å². The fraction of sp³-hybridized carbons (Fsp3) is 0.500. The highest BCUT2D eigenvalue weighted by Crippen LogP contribution is 2.50. The first-order valence-corrected chi connectivity index (χ1v) is 14.7. The molecule has 4 unspecified atom stereocenters. The lowest BCUT2D eigenvalue weighted by atomic mass is 9.64. The summed E-state index contributed by atoms with van der Waals surface area (Å²) in [7, 11) is 0. The van der Waals surface area contributed by atoms with E-state index in [-0.39, 0.29) is 37.2 Å². The second kappa shape index (κ2) is 10.7. The van der Waals surface area contributed by atoms with E-state index in [1.807, 2.05) is 46.2 Å². The average molecular weight is 545 g/mol. The molecule has 210 valence electrons. The van der Waals surface area contributed by atoms with Crippen LogP contribution in [0.15, 0.2) is 48.6 Å². The Morgan fingerprint density at radius 2 is 1.12 bits per heavy atom. The minimum Gasteiger partial charge on any atom is -0.454 e. The molecule has 0 aromatic heterocycles. The molecule has 0 spiro atoms. The number of nitrogens with zero attached hydrogens (tertiary/aromatic N) is 2. The molecule has 2 aromatic rings.